The molecule has 9 heteroatoms. The van der Waals surface area contributed by atoms with Gasteiger partial charge in [-0.05, 0) is 51.6 Å². The summed E-state index contributed by atoms with van der Waals surface area (Å²) in [6.07, 6.45) is 2.22. The second-order valence-corrected chi connectivity index (χ2v) is 9.22. The van der Waals surface area contributed by atoms with Crippen LogP contribution in [0.4, 0.5) is 11.4 Å². The number of carbonyl (C=O) groups excluding carboxylic acids is 2. The molecule has 0 bridgehead atoms. The van der Waals surface area contributed by atoms with E-state index >= 15 is 0 Å². The Hall–Kier alpha value is -2.22. The molecule has 1 aromatic carbocycles. The summed E-state index contributed by atoms with van der Waals surface area (Å²) in [5, 5.41) is 3.44. The Morgan fingerprint density at radius 2 is 1.90 bits per heavy atom. The van der Waals surface area contributed by atoms with E-state index in [1.807, 2.05) is 0 Å². The highest BCUT2D eigenvalue weighted by Crippen LogP contribution is 2.42. The van der Waals surface area contributed by atoms with Gasteiger partial charge >= 0.3 is 0 Å². The van der Waals surface area contributed by atoms with Crippen molar-refractivity contribution in [2.75, 3.05) is 43.4 Å². The van der Waals surface area contributed by atoms with Gasteiger partial charge in [0.15, 0.2) is 0 Å². The van der Waals surface area contributed by atoms with Crippen LogP contribution in [-0.4, -0.2) is 54.9 Å². The van der Waals surface area contributed by atoms with Crippen LogP contribution in [0.15, 0.2) is 18.2 Å². The van der Waals surface area contributed by atoms with Gasteiger partial charge in [-0.1, -0.05) is 23.2 Å². The molecule has 2 aliphatic rings. The van der Waals surface area contributed by atoms with Crippen molar-refractivity contribution in [1.29, 1.82) is 0 Å². The monoisotopic (exact) mass is 449 g/mol. The van der Waals surface area contributed by atoms with E-state index in [9.17, 15) is 9.59 Å². The Labute approximate surface area is 185 Å². The zero-order valence-electron chi connectivity index (χ0n) is 17.0. The SMILES string of the molecule is Cc1[nH]c(C(=O)Nc2ccc(C(N)=O)cc2N2CCC3(CCN(C)C3)C2)c(Cl)c1Cl. The van der Waals surface area contributed by atoms with Gasteiger partial charge < -0.3 is 25.8 Å². The molecule has 2 aliphatic heterocycles. The highest BCUT2D eigenvalue weighted by molar-refractivity contribution is 6.44. The maximum atomic E-state index is 12.9. The first-order chi connectivity index (χ1) is 14.2. The van der Waals surface area contributed by atoms with E-state index < -0.39 is 11.8 Å². The number of nitrogens with zero attached hydrogens (tertiary/aromatic N) is 2. The van der Waals surface area contributed by atoms with Crippen molar-refractivity contribution >= 4 is 46.4 Å². The summed E-state index contributed by atoms with van der Waals surface area (Å²) in [4.78, 5) is 32.2. The summed E-state index contributed by atoms with van der Waals surface area (Å²) in [5.41, 5.74) is 8.39. The Bertz CT molecular complexity index is 1020. The fourth-order valence-corrected chi connectivity index (χ4v) is 5.01. The number of nitrogens with two attached hydrogens (primary N) is 1. The van der Waals surface area contributed by atoms with Crippen LogP contribution in [0, 0.1) is 12.3 Å². The summed E-state index contributed by atoms with van der Waals surface area (Å²) >= 11 is 12.3. The smallest absolute Gasteiger partial charge is 0.273 e. The van der Waals surface area contributed by atoms with Gasteiger partial charge in [0, 0.05) is 36.3 Å². The molecular weight excluding hydrogens is 425 g/mol. The molecule has 160 valence electrons. The van der Waals surface area contributed by atoms with Crippen molar-refractivity contribution in [2.45, 2.75) is 19.8 Å². The maximum absolute atomic E-state index is 12.9. The second kappa shape index (κ2) is 7.80. The van der Waals surface area contributed by atoms with Crippen LogP contribution in [0.1, 0.15) is 39.4 Å². The summed E-state index contributed by atoms with van der Waals surface area (Å²) in [7, 11) is 2.14. The first kappa shape index (κ1) is 21.0. The summed E-state index contributed by atoms with van der Waals surface area (Å²) in [6, 6.07) is 5.08. The molecule has 1 unspecified atom stereocenters. The summed E-state index contributed by atoms with van der Waals surface area (Å²) in [6.45, 7) is 5.62. The first-order valence-corrected chi connectivity index (χ1v) is 10.7. The molecule has 7 nitrogen and oxygen atoms in total. The van der Waals surface area contributed by atoms with Gasteiger partial charge in [0.25, 0.3) is 5.91 Å². The van der Waals surface area contributed by atoms with Gasteiger partial charge in [-0.3, -0.25) is 9.59 Å². The number of benzene rings is 1. The van der Waals surface area contributed by atoms with E-state index in [0.717, 1.165) is 44.7 Å². The van der Waals surface area contributed by atoms with Gasteiger partial charge in [-0.15, -0.1) is 0 Å². The van der Waals surface area contributed by atoms with E-state index in [4.69, 9.17) is 28.9 Å². The Morgan fingerprint density at radius 3 is 2.50 bits per heavy atom. The van der Waals surface area contributed by atoms with E-state index in [-0.39, 0.29) is 16.1 Å². The predicted octanol–water partition coefficient (Wildman–Crippen LogP) is 3.51. The Balaban J connectivity index is 1.64. The van der Waals surface area contributed by atoms with E-state index in [2.05, 4.69) is 27.1 Å². The number of rotatable bonds is 4. The van der Waals surface area contributed by atoms with Crippen LogP contribution in [0.2, 0.25) is 10.0 Å². The molecule has 0 saturated carbocycles. The fourth-order valence-electron chi connectivity index (χ4n) is 4.60. The number of aryl methyl sites for hydroxylation is 1. The molecule has 0 radical (unpaired) electrons. The lowest BCUT2D eigenvalue weighted by atomic mass is 9.86. The molecule has 4 rings (SSSR count). The maximum Gasteiger partial charge on any atom is 0.273 e. The van der Waals surface area contributed by atoms with Crippen molar-refractivity contribution in [2.24, 2.45) is 11.1 Å². The molecule has 2 amide bonds. The minimum atomic E-state index is -0.501. The lowest BCUT2D eigenvalue weighted by molar-refractivity contribution is 0.0998. The molecule has 2 saturated heterocycles. The third-order valence-electron chi connectivity index (χ3n) is 6.22. The third kappa shape index (κ3) is 3.77. The molecular formula is C21H25Cl2N5O2. The third-order valence-corrected chi connectivity index (χ3v) is 7.17. The Morgan fingerprint density at radius 1 is 1.17 bits per heavy atom. The Kier molecular flexibility index (Phi) is 5.46. The normalized spacial score (nSPS) is 21.5. The lowest BCUT2D eigenvalue weighted by Crippen LogP contribution is -2.30. The number of hydrogen-bond acceptors (Lipinski definition) is 4. The van der Waals surface area contributed by atoms with Gasteiger partial charge in [-0.2, -0.15) is 0 Å². The van der Waals surface area contributed by atoms with Gasteiger partial charge in [0.05, 0.1) is 21.4 Å². The van der Waals surface area contributed by atoms with Crippen molar-refractivity contribution < 1.29 is 9.59 Å². The van der Waals surface area contributed by atoms with Crippen molar-refractivity contribution in [3.05, 3.63) is 45.2 Å². The van der Waals surface area contributed by atoms with Gasteiger partial charge in [0.2, 0.25) is 5.91 Å². The van der Waals surface area contributed by atoms with Crippen LogP contribution in [-0.2, 0) is 0 Å². The number of aromatic nitrogens is 1. The van der Waals surface area contributed by atoms with Crippen LogP contribution in [0.25, 0.3) is 0 Å². The highest BCUT2D eigenvalue weighted by atomic mass is 35.5. The molecule has 1 aromatic heterocycles. The highest BCUT2D eigenvalue weighted by Gasteiger charge is 2.43. The minimum Gasteiger partial charge on any atom is -0.369 e. The largest absolute Gasteiger partial charge is 0.369 e. The number of halogens is 2. The average molecular weight is 450 g/mol. The van der Waals surface area contributed by atoms with Gasteiger partial charge in [0.1, 0.15) is 5.69 Å². The second-order valence-electron chi connectivity index (χ2n) is 8.46. The number of H-pyrrole nitrogens is 1. The zero-order valence-corrected chi connectivity index (χ0v) is 18.5. The van der Waals surface area contributed by atoms with Crippen molar-refractivity contribution in [1.82, 2.24) is 9.88 Å². The number of hydrogen-bond donors (Lipinski definition) is 3. The predicted molar refractivity (Wildman–Crippen MR) is 120 cm³/mol. The van der Waals surface area contributed by atoms with E-state index in [1.54, 1.807) is 25.1 Å². The van der Waals surface area contributed by atoms with Crippen molar-refractivity contribution in [3.8, 4) is 0 Å². The van der Waals surface area contributed by atoms with Crippen LogP contribution in [0.3, 0.4) is 0 Å². The molecule has 3 heterocycles. The number of nitrogens with one attached hydrogen (secondary N) is 2. The summed E-state index contributed by atoms with van der Waals surface area (Å²) in [5.74, 6) is -0.893. The lowest BCUT2D eigenvalue weighted by Gasteiger charge is -2.26. The quantitative estimate of drug-likeness (QED) is 0.665. The fraction of sp³-hybridized carbons (Fsp3) is 0.429. The number of primary amides is 1. The van der Waals surface area contributed by atoms with Crippen LogP contribution in [0.5, 0.6) is 0 Å². The number of anilines is 2. The van der Waals surface area contributed by atoms with Crippen LogP contribution >= 0.6 is 23.2 Å². The summed E-state index contributed by atoms with van der Waals surface area (Å²) < 4.78 is 0. The topological polar surface area (TPSA) is 94.5 Å². The molecule has 2 aromatic rings. The number of carbonyl (C=O) groups is 2. The van der Waals surface area contributed by atoms with E-state index in [0.29, 0.717) is 22.0 Å². The number of likely N-dealkylation sites (tertiary alicyclic amines) is 1. The van der Waals surface area contributed by atoms with Crippen molar-refractivity contribution in [3.63, 3.8) is 0 Å². The zero-order chi connectivity index (χ0) is 21.6. The molecule has 30 heavy (non-hydrogen) atoms. The first-order valence-electron chi connectivity index (χ1n) is 9.91. The number of amides is 2. The molecule has 1 atom stereocenters. The molecule has 1 spiro atoms. The van der Waals surface area contributed by atoms with Gasteiger partial charge in [-0.25, -0.2) is 0 Å². The van der Waals surface area contributed by atoms with Crippen LogP contribution < -0.4 is 16.0 Å². The molecule has 0 aliphatic carbocycles. The number of aromatic amines is 1. The molecule has 2 fully saturated rings. The standard InChI is InChI=1S/C21H25Cl2N5O2/c1-12-16(22)17(23)18(25-12)20(30)26-14-4-3-13(19(24)29)9-15(14)28-8-6-21(11-28)5-7-27(2)10-21/h3-4,9,25H,5-8,10-11H2,1-2H3,(H2,24,29)(H,26,30). The van der Waals surface area contributed by atoms with E-state index in [1.165, 1.54) is 0 Å². The molecule has 4 N–H and O–H groups in total. The average Bonchev–Trinajstić information content (AvgIpc) is 3.36. The minimum absolute atomic E-state index is 0.191.